The van der Waals surface area contributed by atoms with Crippen molar-refractivity contribution in [2.24, 2.45) is 5.92 Å². The molecule has 0 aromatic carbocycles. The number of hydrogen-bond donors (Lipinski definition) is 0. The number of Topliss-reactive ketones (excluding diaryl/α,β-unsaturated/α-hetero) is 1. The zero-order valence-electron chi connectivity index (χ0n) is 12.0. The molecule has 2 unspecified atom stereocenters. The third-order valence-electron chi connectivity index (χ3n) is 4.79. The highest BCUT2D eigenvalue weighted by Gasteiger charge is 2.40. The standard InChI is InChI=1S/C15H18N4O2/c1-18-11-5-10(6-12(18)9-21-8-11)15(20)13-7-16-14-3-2-4-17-19(13)14/h2-4,7,10-12H,5-6,8-9H2,1H3. The van der Waals surface area contributed by atoms with Crippen LogP contribution >= 0.6 is 0 Å². The number of fused-ring (bicyclic) bond motifs is 3. The summed E-state index contributed by atoms with van der Waals surface area (Å²) in [6.07, 6.45) is 5.04. The van der Waals surface area contributed by atoms with E-state index in [0.717, 1.165) is 31.7 Å². The topological polar surface area (TPSA) is 59.7 Å². The summed E-state index contributed by atoms with van der Waals surface area (Å²) in [5, 5.41) is 4.24. The maximum atomic E-state index is 12.9. The smallest absolute Gasteiger partial charge is 0.186 e. The van der Waals surface area contributed by atoms with Crippen LogP contribution in [0.25, 0.3) is 5.65 Å². The first kappa shape index (κ1) is 12.9. The molecular weight excluding hydrogens is 268 g/mol. The first-order chi connectivity index (χ1) is 10.2. The number of carbonyl (C=O) groups excluding carboxylic acids is 1. The Bertz CT molecular complexity index is 669. The molecule has 0 N–H and O–H groups in total. The first-order valence-electron chi connectivity index (χ1n) is 7.36. The van der Waals surface area contributed by atoms with E-state index >= 15 is 0 Å². The number of ether oxygens (including phenoxy) is 1. The number of carbonyl (C=O) groups is 1. The fourth-order valence-electron chi connectivity index (χ4n) is 3.52. The Morgan fingerprint density at radius 3 is 2.86 bits per heavy atom. The van der Waals surface area contributed by atoms with E-state index in [1.54, 1.807) is 16.9 Å². The Balaban J connectivity index is 1.63. The van der Waals surface area contributed by atoms with Crippen LogP contribution in [0, 0.1) is 5.92 Å². The van der Waals surface area contributed by atoms with E-state index in [9.17, 15) is 4.79 Å². The molecule has 21 heavy (non-hydrogen) atoms. The van der Waals surface area contributed by atoms with Gasteiger partial charge in [-0.3, -0.25) is 9.69 Å². The fraction of sp³-hybridized carbons (Fsp3) is 0.533. The summed E-state index contributed by atoms with van der Waals surface area (Å²) in [6, 6.07) is 4.38. The van der Waals surface area contributed by atoms with E-state index in [1.807, 2.05) is 12.1 Å². The third kappa shape index (κ3) is 2.06. The highest BCUT2D eigenvalue weighted by Crippen LogP contribution is 2.32. The number of morpholine rings is 1. The monoisotopic (exact) mass is 286 g/mol. The van der Waals surface area contributed by atoms with Crippen molar-refractivity contribution in [2.75, 3.05) is 20.3 Å². The van der Waals surface area contributed by atoms with Crippen molar-refractivity contribution in [1.82, 2.24) is 19.5 Å². The van der Waals surface area contributed by atoms with Gasteiger partial charge in [-0.1, -0.05) is 0 Å². The van der Waals surface area contributed by atoms with Crippen LogP contribution in [0.4, 0.5) is 0 Å². The van der Waals surface area contributed by atoms with Crippen LogP contribution in [0.5, 0.6) is 0 Å². The van der Waals surface area contributed by atoms with Gasteiger partial charge in [0.15, 0.2) is 11.4 Å². The lowest BCUT2D eigenvalue weighted by Gasteiger charge is -2.46. The van der Waals surface area contributed by atoms with Crippen molar-refractivity contribution in [1.29, 1.82) is 0 Å². The van der Waals surface area contributed by atoms with Gasteiger partial charge in [0.05, 0.1) is 19.4 Å². The maximum Gasteiger partial charge on any atom is 0.186 e. The van der Waals surface area contributed by atoms with Crippen molar-refractivity contribution in [2.45, 2.75) is 24.9 Å². The summed E-state index contributed by atoms with van der Waals surface area (Å²) < 4.78 is 7.26. The number of likely N-dealkylation sites (N-methyl/N-ethyl adjacent to an activating group) is 1. The SMILES string of the molecule is CN1C2COCC1CC(C(=O)c1cnc3cccnn13)C2. The summed E-state index contributed by atoms with van der Waals surface area (Å²) >= 11 is 0. The molecule has 110 valence electrons. The molecule has 6 heteroatoms. The Hall–Kier alpha value is -1.79. The van der Waals surface area contributed by atoms with Gasteiger partial charge in [-0.25, -0.2) is 9.50 Å². The summed E-state index contributed by atoms with van der Waals surface area (Å²) in [5.74, 6) is 0.202. The van der Waals surface area contributed by atoms with Crippen molar-refractivity contribution in [3.05, 3.63) is 30.2 Å². The Morgan fingerprint density at radius 1 is 1.33 bits per heavy atom. The minimum Gasteiger partial charge on any atom is -0.378 e. The summed E-state index contributed by atoms with van der Waals surface area (Å²) in [4.78, 5) is 19.5. The summed E-state index contributed by atoms with van der Waals surface area (Å²) in [7, 11) is 2.13. The molecule has 6 nitrogen and oxygen atoms in total. The second kappa shape index (κ2) is 4.89. The molecule has 0 spiro atoms. The van der Waals surface area contributed by atoms with Gasteiger partial charge in [-0.05, 0) is 32.0 Å². The molecule has 2 saturated heterocycles. The fourth-order valence-corrected chi connectivity index (χ4v) is 3.52. The van der Waals surface area contributed by atoms with Gasteiger partial charge in [0.1, 0.15) is 5.69 Å². The zero-order chi connectivity index (χ0) is 14.4. The molecule has 2 aliphatic heterocycles. The van der Waals surface area contributed by atoms with E-state index < -0.39 is 0 Å². The molecule has 2 aliphatic rings. The predicted molar refractivity (Wildman–Crippen MR) is 76.2 cm³/mol. The van der Waals surface area contributed by atoms with Crippen LogP contribution in [-0.2, 0) is 4.74 Å². The molecule has 2 atom stereocenters. The molecule has 2 bridgehead atoms. The number of rotatable bonds is 2. The third-order valence-corrected chi connectivity index (χ3v) is 4.79. The maximum absolute atomic E-state index is 12.9. The van der Waals surface area contributed by atoms with E-state index in [2.05, 4.69) is 22.0 Å². The van der Waals surface area contributed by atoms with Crippen LogP contribution in [0.3, 0.4) is 0 Å². The highest BCUT2D eigenvalue weighted by molar-refractivity contribution is 5.97. The second-order valence-electron chi connectivity index (χ2n) is 5.98. The number of nitrogens with zero attached hydrogens (tertiary/aromatic N) is 4. The van der Waals surface area contributed by atoms with Gasteiger partial charge < -0.3 is 4.74 Å². The average molecular weight is 286 g/mol. The molecule has 0 saturated carbocycles. The van der Waals surface area contributed by atoms with Crippen molar-refractivity contribution < 1.29 is 9.53 Å². The van der Waals surface area contributed by atoms with Gasteiger partial charge >= 0.3 is 0 Å². The van der Waals surface area contributed by atoms with Gasteiger partial charge in [-0.15, -0.1) is 0 Å². The molecule has 0 radical (unpaired) electrons. The number of hydrogen-bond acceptors (Lipinski definition) is 5. The molecule has 0 amide bonds. The quantitative estimate of drug-likeness (QED) is 0.771. The van der Waals surface area contributed by atoms with Crippen molar-refractivity contribution in [3.63, 3.8) is 0 Å². The molecule has 4 rings (SSSR count). The molecular formula is C15H18N4O2. The Labute approximate surface area is 122 Å². The highest BCUT2D eigenvalue weighted by atomic mass is 16.5. The van der Waals surface area contributed by atoms with Crippen LogP contribution in [0.15, 0.2) is 24.5 Å². The van der Waals surface area contributed by atoms with Gasteiger partial charge in [-0.2, -0.15) is 5.10 Å². The van der Waals surface area contributed by atoms with E-state index in [0.29, 0.717) is 17.8 Å². The van der Waals surface area contributed by atoms with Gasteiger partial charge in [0.2, 0.25) is 0 Å². The van der Waals surface area contributed by atoms with Crippen LogP contribution < -0.4 is 0 Å². The summed E-state index contributed by atoms with van der Waals surface area (Å²) in [5.41, 5.74) is 1.32. The molecule has 2 aromatic heterocycles. The van der Waals surface area contributed by atoms with Crippen LogP contribution in [0.2, 0.25) is 0 Å². The Morgan fingerprint density at radius 2 is 2.10 bits per heavy atom. The van der Waals surface area contributed by atoms with E-state index in [1.165, 1.54) is 0 Å². The van der Waals surface area contributed by atoms with Crippen molar-refractivity contribution in [3.8, 4) is 0 Å². The lowest BCUT2D eigenvalue weighted by Crippen LogP contribution is -2.55. The molecule has 0 aliphatic carbocycles. The average Bonchev–Trinajstić information content (AvgIpc) is 2.90. The largest absolute Gasteiger partial charge is 0.378 e. The zero-order valence-corrected chi connectivity index (χ0v) is 12.0. The summed E-state index contributed by atoms with van der Waals surface area (Å²) in [6.45, 7) is 1.45. The van der Waals surface area contributed by atoms with Gasteiger partial charge in [0.25, 0.3) is 0 Å². The lowest BCUT2D eigenvalue weighted by molar-refractivity contribution is -0.0703. The normalized spacial score (nSPS) is 29.7. The van der Waals surface area contributed by atoms with E-state index in [4.69, 9.17) is 4.74 Å². The number of imidazole rings is 1. The minimum atomic E-state index is 0.0435. The van der Waals surface area contributed by atoms with Crippen LogP contribution in [-0.4, -0.2) is 57.6 Å². The minimum absolute atomic E-state index is 0.0435. The molecule has 2 aromatic rings. The lowest BCUT2D eigenvalue weighted by atomic mass is 9.82. The predicted octanol–water partition coefficient (Wildman–Crippen LogP) is 1.02. The number of piperidine rings is 1. The first-order valence-corrected chi connectivity index (χ1v) is 7.36. The van der Waals surface area contributed by atoms with Gasteiger partial charge in [0, 0.05) is 24.2 Å². The van der Waals surface area contributed by atoms with Crippen LogP contribution in [0.1, 0.15) is 23.3 Å². The van der Waals surface area contributed by atoms with Crippen molar-refractivity contribution >= 4 is 11.4 Å². The number of ketones is 1. The van der Waals surface area contributed by atoms with E-state index in [-0.39, 0.29) is 11.7 Å². The molecule has 2 fully saturated rings. The molecule has 4 heterocycles. The second-order valence-corrected chi connectivity index (χ2v) is 5.98. The Kier molecular flexibility index (Phi) is 3.01. The number of aromatic nitrogens is 3.